The fourth-order valence-corrected chi connectivity index (χ4v) is 1.09. The molecule has 0 saturated heterocycles. The van der Waals surface area contributed by atoms with Crippen molar-refractivity contribution in [3.8, 4) is 0 Å². The minimum absolute atomic E-state index is 0.562. The lowest BCUT2D eigenvalue weighted by Gasteiger charge is -2.06. The molecule has 4 nitrogen and oxygen atoms in total. The predicted octanol–water partition coefficient (Wildman–Crippen LogP) is 1.53. The van der Waals surface area contributed by atoms with Crippen molar-refractivity contribution in [1.29, 1.82) is 0 Å². The topological polar surface area (TPSA) is 53.1 Å². The maximum absolute atomic E-state index is 5.48. The molecule has 1 aromatic heterocycles. The third-order valence-corrected chi connectivity index (χ3v) is 1.99. The lowest BCUT2D eigenvalue weighted by molar-refractivity contribution is 0.116. The van der Waals surface area contributed by atoms with Gasteiger partial charge in [0.2, 0.25) is 0 Å². The van der Waals surface area contributed by atoms with E-state index in [-0.39, 0.29) is 0 Å². The van der Waals surface area contributed by atoms with Crippen LogP contribution in [0.5, 0.6) is 0 Å². The van der Waals surface area contributed by atoms with Gasteiger partial charge in [-0.25, -0.2) is 4.98 Å². The number of imidazole rings is 1. The molecule has 1 rings (SSSR count). The molecule has 1 aromatic rings. The lowest BCUT2D eigenvalue weighted by atomic mass is 10.1. The van der Waals surface area contributed by atoms with Gasteiger partial charge in [-0.2, -0.15) is 0 Å². The minimum atomic E-state index is 0.562. The summed E-state index contributed by atoms with van der Waals surface area (Å²) in [5.74, 6) is 1.27. The van der Waals surface area contributed by atoms with E-state index in [1.165, 1.54) is 0 Å². The van der Waals surface area contributed by atoms with Crippen LogP contribution in [0.2, 0.25) is 0 Å². The summed E-state index contributed by atoms with van der Waals surface area (Å²) in [6.07, 6.45) is 4.65. The Morgan fingerprint density at radius 3 is 2.86 bits per heavy atom. The summed E-state index contributed by atoms with van der Waals surface area (Å²) < 4.78 is 7.40. The maximum atomic E-state index is 5.48. The molecule has 14 heavy (non-hydrogen) atoms. The van der Waals surface area contributed by atoms with Gasteiger partial charge in [0.25, 0.3) is 0 Å². The summed E-state index contributed by atoms with van der Waals surface area (Å²) in [5, 5.41) is 0. The number of aromatic nitrogens is 2. The number of ether oxygens (including phenoxy) is 1. The highest BCUT2D eigenvalue weighted by atomic mass is 16.5. The molecule has 0 fully saturated rings. The summed E-state index contributed by atoms with van der Waals surface area (Å²) in [6, 6.07) is 0. The summed E-state index contributed by atoms with van der Waals surface area (Å²) >= 11 is 0. The Hall–Kier alpha value is -1.03. The number of nitrogens with zero attached hydrogens (tertiary/aromatic N) is 2. The molecule has 1 heterocycles. The van der Waals surface area contributed by atoms with Gasteiger partial charge >= 0.3 is 0 Å². The van der Waals surface area contributed by atoms with Gasteiger partial charge < -0.3 is 15.0 Å². The van der Waals surface area contributed by atoms with E-state index >= 15 is 0 Å². The van der Waals surface area contributed by atoms with E-state index in [4.69, 9.17) is 10.5 Å². The summed E-state index contributed by atoms with van der Waals surface area (Å²) in [6.45, 7) is 6.77. The summed E-state index contributed by atoms with van der Waals surface area (Å²) in [5.41, 5.74) is 5.48. The van der Waals surface area contributed by atoms with Crippen molar-refractivity contribution in [2.45, 2.75) is 26.8 Å². The van der Waals surface area contributed by atoms with Gasteiger partial charge in [-0.3, -0.25) is 0 Å². The molecule has 0 spiro atoms. The first-order valence-corrected chi connectivity index (χ1v) is 5.03. The number of rotatable bonds is 6. The average Bonchev–Trinajstić information content (AvgIpc) is 2.50. The first-order valence-electron chi connectivity index (χ1n) is 5.03. The molecule has 4 heteroatoms. The smallest absolute Gasteiger partial charge is 0.141 e. The number of hydrogen-bond donors (Lipinski definition) is 1. The number of anilines is 1. The number of nitrogen functional groups attached to an aromatic ring is 1. The highest BCUT2D eigenvalue weighted by Crippen LogP contribution is 2.00. The van der Waals surface area contributed by atoms with Crippen LogP contribution >= 0.6 is 0 Å². The molecule has 0 aromatic carbocycles. The standard InChI is InChI=1S/C10H19N3O/c1-9(2)3-5-14-6-4-13-7-10(11)12-8-13/h7-9H,3-6,11H2,1-2H3. The molecule has 0 atom stereocenters. The van der Waals surface area contributed by atoms with Gasteiger partial charge in [-0.1, -0.05) is 13.8 Å². The van der Waals surface area contributed by atoms with Crippen molar-refractivity contribution >= 4 is 5.82 Å². The lowest BCUT2D eigenvalue weighted by Crippen LogP contribution is -2.06. The predicted molar refractivity (Wildman–Crippen MR) is 56.9 cm³/mol. The van der Waals surface area contributed by atoms with Gasteiger partial charge in [0.15, 0.2) is 0 Å². The zero-order valence-corrected chi connectivity index (χ0v) is 8.94. The molecule has 80 valence electrons. The highest BCUT2D eigenvalue weighted by Gasteiger charge is 1.95. The van der Waals surface area contributed by atoms with Crippen molar-refractivity contribution in [2.24, 2.45) is 5.92 Å². The van der Waals surface area contributed by atoms with Crippen molar-refractivity contribution in [2.75, 3.05) is 18.9 Å². The quantitative estimate of drug-likeness (QED) is 0.704. The molecule has 0 radical (unpaired) electrons. The van der Waals surface area contributed by atoms with Gasteiger partial charge in [0.05, 0.1) is 12.9 Å². The molecule has 0 saturated carbocycles. The Morgan fingerprint density at radius 2 is 2.29 bits per heavy atom. The Balaban J connectivity index is 2.04. The van der Waals surface area contributed by atoms with Gasteiger partial charge in [0.1, 0.15) is 5.82 Å². The van der Waals surface area contributed by atoms with E-state index in [1.54, 1.807) is 6.33 Å². The Bertz CT molecular complexity index is 258. The van der Waals surface area contributed by atoms with E-state index in [0.717, 1.165) is 26.2 Å². The largest absolute Gasteiger partial charge is 0.382 e. The van der Waals surface area contributed by atoms with Crippen LogP contribution in [0.3, 0.4) is 0 Å². The molecule has 0 aliphatic carbocycles. The van der Waals surface area contributed by atoms with E-state index in [1.807, 2.05) is 10.8 Å². The highest BCUT2D eigenvalue weighted by molar-refractivity contribution is 5.22. The zero-order valence-electron chi connectivity index (χ0n) is 8.94. The summed E-state index contributed by atoms with van der Waals surface area (Å²) in [4.78, 5) is 3.93. The third-order valence-electron chi connectivity index (χ3n) is 1.99. The first kappa shape index (κ1) is 11.0. The van der Waals surface area contributed by atoms with E-state index < -0.39 is 0 Å². The van der Waals surface area contributed by atoms with Crippen molar-refractivity contribution < 1.29 is 4.74 Å². The van der Waals surface area contributed by atoms with Crippen LogP contribution in [0.25, 0.3) is 0 Å². The first-order chi connectivity index (χ1) is 6.68. The van der Waals surface area contributed by atoms with E-state index in [9.17, 15) is 0 Å². The average molecular weight is 197 g/mol. The van der Waals surface area contributed by atoms with Crippen LogP contribution in [0, 0.1) is 5.92 Å². The van der Waals surface area contributed by atoms with E-state index in [2.05, 4.69) is 18.8 Å². The SMILES string of the molecule is CC(C)CCOCCn1cnc(N)c1. The molecule has 0 amide bonds. The Morgan fingerprint density at radius 1 is 1.50 bits per heavy atom. The maximum Gasteiger partial charge on any atom is 0.141 e. The molecular formula is C10H19N3O. The molecule has 0 aliphatic rings. The van der Waals surface area contributed by atoms with Crippen molar-refractivity contribution in [3.63, 3.8) is 0 Å². The molecule has 0 bridgehead atoms. The van der Waals surface area contributed by atoms with Crippen LogP contribution in [-0.2, 0) is 11.3 Å². The molecule has 0 unspecified atom stereocenters. The fourth-order valence-electron chi connectivity index (χ4n) is 1.09. The van der Waals surface area contributed by atoms with Gasteiger partial charge in [-0.15, -0.1) is 0 Å². The fraction of sp³-hybridized carbons (Fsp3) is 0.700. The van der Waals surface area contributed by atoms with Crippen molar-refractivity contribution in [3.05, 3.63) is 12.5 Å². The minimum Gasteiger partial charge on any atom is -0.382 e. The Kier molecular flexibility index (Phi) is 4.46. The molecular weight excluding hydrogens is 178 g/mol. The zero-order chi connectivity index (χ0) is 10.4. The van der Waals surface area contributed by atoms with Crippen molar-refractivity contribution in [1.82, 2.24) is 9.55 Å². The van der Waals surface area contributed by atoms with Gasteiger partial charge in [-0.05, 0) is 12.3 Å². The summed E-state index contributed by atoms with van der Waals surface area (Å²) in [7, 11) is 0. The second-order valence-corrected chi connectivity index (χ2v) is 3.83. The van der Waals surface area contributed by atoms with Crippen LogP contribution in [0.4, 0.5) is 5.82 Å². The molecule has 2 N–H and O–H groups in total. The Labute approximate surface area is 85.1 Å². The second-order valence-electron chi connectivity index (χ2n) is 3.83. The van der Waals surface area contributed by atoms with E-state index in [0.29, 0.717) is 11.7 Å². The monoisotopic (exact) mass is 197 g/mol. The normalized spacial score (nSPS) is 11.1. The number of nitrogens with two attached hydrogens (primary N) is 1. The molecule has 0 aliphatic heterocycles. The van der Waals surface area contributed by atoms with Crippen LogP contribution in [0.1, 0.15) is 20.3 Å². The van der Waals surface area contributed by atoms with Gasteiger partial charge in [0, 0.05) is 19.3 Å². The number of hydrogen-bond acceptors (Lipinski definition) is 3. The second kappa shape index (κ2) is 5.65. The van der Waals surface area contributed by atoms with Crippen LogP contribution < -0.4 is 5.73 Å². The third kappa shape index (κ3) is 4.28. The van der Waals surface area contributed by atoms with Crippen LogP contribution in [0.15, 0.2) is 12.5 Å². The van der Waals surface area contributed by atoms with Crippen LogP contribution in [-0.4, -0.2) is 22.8 Å².